The van der Waals surface area contributed by atoms with Crippen LogP contribution in [0.4, 0.5) is 4.39 Å². The van der Waals surface area contributed by atoms with Crippen molar-refractivity contribution in [3.05, 3.63) is 76.9 Å². The molecule has 0 spiro atoms. The first kappa shape index (κ1) is 40.8. The maximum atomic E-state index is 14.0. The highest BCUT2D eigenvalue weighted by atomic mass is 19.1. The van der Waals surface area contributed by atoms with E-state index in [1.54, 1.807) is 45.0 Å². The van der Waals surface area contributed by atoms with Crippen molar-refractivity contribution in [2.75, 3.05) is 19.7 Å². The number of ether oxygens (including phenoxy) is 2. The fourth-order valence-electron chi connectivity index (χ4n) is 5.55. The number of primary amides is 1. The summed E-state index contributed by atoms with van der Waals surface area (Å²) in [6.45, 7) is 5.36. The van der Waals surface area contributed by atoms with Crippen molar-refractivity contribution in [1.29, 1.82) is 0 Å². The quantitative estimate of drug-likeness (QED) is 0.147. The number of benzene rings is 2. The van der Waals surface area contributed by atoms with Gasteiger partial charge in [-0.15, -0.1) is 0 Å². The van der Waals surface area contributed by atoms with E-state index < -0.39 is 71.7 Å². The van der Waals surface area contributed by atoms with E-state index in [0.717, 1.165) is 0 Å². The predicted molar refractivity (Wildman–Crippen MR) is 191 cm³/mol. The number of nitrogens with one attached hydrogen (secondary N) is 5. The first-order valence-corrected chi connectivity index (χ1v) is 17.7. The smallest absolute Gasteiger partial charge is 0.273 e. The van der Waals surface area contributed by atoms with Crippen LogP contribution < -0.4 is 41.8 Å². The van der Waals surface area contributed by atoms with E-state index in [-0.39, 0.29) is 55.5 Å². The summed E-state index contributed by atoms with van der Waals surface area (Å²) in [4.78, 5) is 78.4. The molecule has 0 saturated heterocycles. The monoisotopic (exact) mass is 751 g/mol. The molecule has 1 aliphatic rings. The molecule has 3 aromatic rings. The Labute approximate surface area is 311 Å². The molecule has 2 aromatic carbocycles. The minimum Gasteiger partial charge on any atom is -0.493 e. The summed E-state index contributed by atoms with van der Waals surface area (Å²) in [5.74, 6) is -4.43. The Balaban J connectivity index is 1.41. The zero-order chi connectivity index (χ0) is 39.2. The Bertz CT molecular complexity index is 1820. The van der Waals surface area contributed by atoms with Gasteiger partial charge in [-0.2, -0.15) is 0 Å². The van der Waals surface area contributed by atoms with Gasteiger partial charge in [0.25, 0.3) is 11.8 Å². The number of nitrogens with zero attached hydrogens (tertiary/aromatic N) is 1. The Kier molecular flexibility index (Phi) is 14.9. The third-order valence-corrected chi connectivity index (χ3v) is 8.53. The lowest BCUT2D eigenvalue weighted by Crippen LogP contribution is -2.58. The Morgan fingerprint density at radius 1 is 0.981 bits per heavy atom. The average molecular weight is 752 g/mol. The molecule has 0 aliphatic carbocycles. The Morgan fingerprint density at radius 2 is 1.72 bits per heavy atom. The number of rotatable bonds is 12. The molecular formula is C37H46FN7O9. The minimum absolute atomic E-state index is 0.00408. The summed E-state index contributed by atoms with van der Waals surface area (Å²) in [5.41, 5.74) is 5.87. The van der Waals surface area contributed by atoms with Crippen molar-refractivity contribution in [3.8, 4) is 11.5 Å². The Morgan fingerprint density at radius 3 is 2.46 bits per heavy atom. The van der Waals surface area contributed by atoms with Gasteiger partial charge in [-0.3, -0.25) is 28.8 Å². The molecule has 1 aromatic heterocycles. The van der Waals surface area contributed by atoms with Gasteiger partial charge in [0.2, 0.25) is 23.6 Å². The number of para-hydroxylation sites is 2. The van der Waals surface area contributed by atoms with E-state index in [9.17, 15) is 33.2 Å². The van der Waals surface area contributed by atoms with Gasteiger partial charge in [-0.25, -0.2) is 4.39 Å². The normalized spacial score (nSPS) is 18.6. The number of carbonyl (C=O) groups is 6. The van der Waals surface area contributed by atoms with Crippen LogP contribution in [0, 0.1) is 18.7 Å². The molecule has 4 rings (SSSR count). The molecular weight excluding hydrogens is 705 g/mol. The van der Waals surface area contributed by atoms with Crippen molar-refractivity contribution in [2.24, 2.45) is 11.7 Å². The predicted octanol–water partition coefficient (Wildman–Crippen LogP) is 1.80. The van der Waals surface area contributed by atoms with Crippen molar-refractivity contribution < 1.29 is 47.2 Å². The third kappa shape index (κ3) is 11.5. The number of halogens is 1. The molecule has 6 amide bonds. The van der Waals surface area contributed by atoms with Crippen LogP contribution in [-0.4, -0.2) is 78.4 Å². The highest BCUT2D eigenvalue weighted by Gasteiger charge is 2.32. The number of hydrogen-bond donors (Lipinski definition) is 6. The number of aromatic nitrogens is 1. The van der Waals surface area contributed by atoms with Crippen LogP contribution in [-0.2, 0) is 25.8 Å². The largest absolute Gasteiger partial charge is 0.493 e. The molecule has 0 saturated carbocycles. The summed E-state index contributed by atoms with van der Waals surface area (Å²) in [5, 5.41) is 17.3. The van der Waals surface area contributed by atoms with Gasteiger partial charge in [0.05, 0.1) is 24.2 Å². The highest BCUT2D eigenvalue weighted by Crippen LogP contribution is 2.21. The fraction of sp³-hybridized carbons (Fsp3) is 0.432. The number of aryl methyl sites for hydroxylation is 1. The van der Waals surface area contributed by atoms with E-state index in [1.807, 2.05) is 0 Å². The van der Waals surface area contributed by atoms with Crippen LogP contribution in [0.1, 0.15) is 78.1 Å². The highest BCUT2D eigenvalue weighted by molar-refractivity contribution is 6.01. The SMILES string of the molecule is Cc1onc(C(=O)NCCCC[C@@H]2NC(=O)[C@@H](C(C)C)NC(=O)[C@H](CC(N)=O)NC(=O)c3ccccc3OCCCNC2=O)c1COc1ccccc1F. The fourth-order valence-corrected chi connectivity index (χ4v) is 5.55. The zero-order valence-electron chi connectivity index (χ0n) is 30.4. The molecule has 0 radical (unpaired) electrons. The summed E-state index contributed by atoms with van der Waals surface area (Å²) >= 11 is 0. The molecule has 2 heterocycles. The average Bonchev–Trinajstić information content (AvgIpc) is 3.51. The summed E-state index contributed by atoms with van der Waals surface area (Å²) in [6, 6.07) is 8.67. The Hall–Kier alpha value is -6.00. The van der Waals surface area contributed by atoms with Crippen LogP contribution in [0.2, 0.25) is 0 Å². The van der Waals surface area contributed by atoms with E-state index in [1.165, 1.54) is 24.3 Å². The summed E-state index contributed by atoms with van der Waals surface area (Å²) < 4.78 is 30.6. The molecule has 290 valence electrons. The number of amides is 6. The molecule has 0 unspecified atom stereocenters. The second kappa shape index (κ2) is 19.7. The number of carbonyl (C=O) groups excluding carboxylic acids is 6. The second-order valence-corrected chi connectivity index (χ2v) is 13.0. The number of hydrogen-bond acceptors (Lipinski definition) is 10. The number of unbranched alkanes of at least 4 members (excludes halogenated alkanes) is 1. The second-order valence-electron chi connectivity index (χ2n) is 13.0. The number of nitrogens with two attached hydrogens (primary N) is 1. The first-order chi connectivity index (χ1) is 25.8. The van der Waals surface area contributed by atoms with Gasteiger partial charge in [-0.1, -0.05) is 43.3 Å². The van der Waals surface area contributed by atoms with E-state index in [2.05, 4.69) is 31.7 Å². The van der Waals surface area contributed by atoms with Crippen LogP contribution in [0.25, 0.3) is 0 Å². The topological polar surface area (TPSA) is 233 Å². The zero-order valence-corrected chi connectivity index (χ0v) is 30.4. The van der Waals surface area contributed by atoms with Crippen molar-refractivity contribution in [2.45, 2.75) is 77.6 Å². The standard InChI is InChI=1S/C37H46FN7O9/c1-21(2)31-37(51)42-26(13-8-9-16-41-36(50)32-24(22(3)54-45-32)20-53-29-15-7-5-12-25(29)38)34(48)40-17-10-18-52-28-14-6-4-11-23(28)33(47)43-27(19-30(39)46)35(49)44-31/h4-7,11-12,14-15,21,26-27,31H,8-10,13,16-20H2,1-3H3,(H2,39,46)(H,40,48)(H,41,50)(H,42,51)(H,43,47)(H,44,49)/t26-,27-,31+/m0/s1. The minimum atomic E-state index is -1.40. The van der Waals surface area contributed by atoms with Crippen LogP contribution in [0.15, 0.2) is 53.1 Å². The molecule has 7 N–H and O–H groups in total. The van der Waals surface area contributed by atoms with Gasteiger partial charge in [-0.05, 0) is 62.8 Å². The van der Waals surface area contributed by atoms with E-state index in [0.29, 0.717) is 30.6 Å². The molecule has 3 atom stereocenters. The van der Waals surface area contributed by atoms with Crippen LogP contribution in [0.5, 0.6) is 11.5 Å². The molecule has 16 nitrogen and oxygen atoms in total. The van der Waals surface area contributed by atoms with Gasteiger partial charge < -0.3 is 46.3 Å². The summed E-state index contributed by atoms with van der Waals surface area (Å²) in [7, 11) is 0. The lowest BCUT2D eigenvalue weighted by atomic mass is 10.0. The van der Waals surface area contributed by atoms with Gasteiger partial charge >= 0.3 is 0 Å². The van der Waals surface area contributed by atoms with Gasteiger partial charge in [0.1, 0.15) is 36.2 Å². The van der Waals surface area contributed by atoms with Gasteiger partial charge in [0.15, 0.2) is 17.3 Å². The lowest BCUT2D eigenvalue weighted by molar-refractivity contribution is -0.134. The molecule has 1 aliphatic heterocycles. The van der Waals surface area contributed by atoms with Crippen LogP contribution in [0.3, 0.4) is 0 Å². The number of fused-ring (bicyclic) bond motifs is 1. The molecule has 0 bridgehead atoms. The van der Waals surface area contributed by atoms with Crippen molar-refractivity contribution >= 4 is 35.4 Å². The van der Waals surface area contributed by atoms with Gasteiger partial charge in [0, 0.05) is 13.1 Å². The van der Waals surface area contributed by atoms with E-state index in [4.69, 9.17) is 19.7 Å². The molecule has 0 fully saturated rings. The third-order valence-electron chi connectivity index (χ3n) is 8.53. The first-order valence-electron chi connectivity index (χ1n) is 17.7. The van der Waals surface area contributed by atoms with Crippen LogP contribution >= 0.6 is 0 Å². The lowest BCUT2D eigenvalue weighted by Gasteiger charge is -2.27. The maximum Gasteiger partial charge on any atom is 0.273 e. The van der Waals surface area contributed by atoms with Crippen molar-refractivity contribution in [1.82, 2.24) is 31.7 Å². The maximum absolute atomic E-state index is 14.0. The van der Waals surface area contributed by atoms with E-state index >= 15 is 0 Å². The summed E-state index contributed by atoms with van der Waals surface area (Å²) in [6.07, 6.45) is 0.817. The molecule has 17 heteroatoms. The molecule has 54 heavy (non-hydrogen) atoms. The van der Waals surface area contributed by atoms with Crippen molar-refractivity contribution in [3.63, 3.8) is 0 Å².